The number of carbonyl (C=O) groups excluding carboxylic acids is 2. The van der Waals surface area contributed by atoms with Gasteiger partial charge in [0.05, 0.1) is 32.4 Å². The number of nitrogens with zero attached hydrogens (tertiary/aromatic N) is 1. The van der Waals surface area contributed by atoms with Gasteiger partial charge in [-0.15, -0.1) is 0 Å². The van der Waals surface area contributed by atoms with Crippen LogP contribution in [-0.2, 0) is 4.79 Å². The van der Waals surface area contributed by atoms with Crippen LogP contribution in [0.2, 0.25) is 5.02 Å². The van der Waals surface area contributed by atoms with E-state index in [-0.39, 0.29) is 27.7 Å². The average Bonchev–Trinajstić information content (AvgIpc) is 2.46. The zero-order valence-electron chi connectivity index (χ0n) is 10.9. The molecule has 0 saturated heterocycles. The molecule has 0 spiro atoms. The zero-order valence-corrected chi connectivity index (χ0v) is 13.3. The van der Waals surface area contributed by atoms with Crippen molar-refractivity contribution in [3.8, 4) is 0 Å². The highest BCUT2D eigenvalue weighted by atomic mass is 79.9. The predicted molar refractivity (Wildman–Crippen MR) is 83.4 cm³/mol. The second kappa shape index (κ2) is 6.37. The van der Waals surface area contributed by atoms with Gasteiger partial charge < -0.3 is 0 Å². The maximum absolute atomic E-state index is 13.8. The van der Waals surface area contributed by atoms with Crippen LogP contribution >= 0.6 is 27.7 Å². The molecule has 108 valence electrons. The van der Waals surface area contributed by atoms with E-state index in [1.165, 1.54) is 31.2 Å². The molecule has 2 aromatic rings. The second-order valence-corrected chi connectivity index (χ2v) is 5.36. The monoisotopic (exact) mass is 369 g/mol. The summed E-state index contributed by atoms with van der Waals surface area (Å²) in [5.41, 5.74) is 0.255. The van der Waals surface area contributed by atoms with Gasteiger partial charge in [0.15, 0.2) is 5.78 Å². The molecule has 0 fully saturated rings. The van der Waals surface area contributed by atoms with Gasteiger partial charge in [-0.2, -0.15) is 0 Å². The summed E-state index contributed by atoms with van der Waals surface area (Å²) >= 11 is 9.13. The Balaban J connectivity index is 2.60. The Labute approximate surface area is 134 Å². The molecule has 0 saturated carbocycles. The summed E-state index contributed by atoms with van der Waals surface area (Å²) in [4.78, 5) is 24.0. The summed E-state index contributed by atoms with van der Waals surface area (Å²) < 4.78 is 14.9. The maximum atomic E-state index is 13.8. The first-order chi connectivity index (χ1) is 9.93. The Hall–Kier alpha value is -1.72. The van der Waals surface area contributed by atoms with Crippen molar-refractivity contribution in [1.82, 2.24) is 0 Å². The third kappa shape index (κ3) is 3.14. The smallest absolute Gasteiger partial charge is 0.234 e. The standard InChI is InChI=1S/C15H10BrClFNO2/c1-9(20)19(16)14-11(6-4-7-12(14)17)15(21)10-5-2-3-8-13(10)18/h2-8H,1H3. The topological polar surface area (TPSA) is 37.4 Å². The molecule has 0 radical (unpaired) electrons. The van der Waals surface area contributed by atoms with E-state index in [4.69, 9.17) is 11.6 Å². The Kier molecular flexibility index (Phi) is 4.75. The van der Waals surface area contributed by atoms with Gasteiger partial charge in [-0.3, -0.25) is 9.59 Å². The lowest BCUT2D eigenvalue weighted by atomic mass is 10.0. The predicted octanol–water partition coefficient (Wildman–Crippen LogP) is 4.37. The molecular formula is C15H10BrClFNO2. The van der Waals surface area contributed by atoms with Gasteiger partial charge in [0, 0.05) is 12.5 Å². The van der Waals surface area contributed by atoms with Crippen LogP contribution in [0.1, 0.15) is 22.8 Å². The molecular weight excluding hydrogens is 361 g/mol. The number of anilines is 1. The molecule has 2 rings (SSSR count). The minimum absolute atomic E-state index is 0.0783. The SMILES string of the molecule is CC(=O)N(Br)c1c(Cl)cccc1C(=O)c1ccccc1F. The first-order valence-electron chi connectivity index (χ1n) is 5.97. The number of hydrogen-bond acceptors (Lipinski definition) is 2. The fourth-order valence-electron chi connectivity index (χ4n) is 1.85. The number of ketones is 1. The minimum atomic E-state index is -0.627. The molecule has 1 amide bonds. The van der Waals surface area contributed by atoms with E-state index in [9.17, 15) is 14.0 Å². The van der Waals surface area contributed by atoms with Crippen LogP contribution < -0.4 is 3.93 Å². The van der Waals surface area contributed by atoms with Crippen molar-refractivity contribution in [1.29, 1.82) is 0 Å². The minimum Gasteiger partial charge on any atom is -0.288 e. The van der Waals surface area contributed by atoms with Crippen LogP contribution in [-0.4, -0.2) is 11.7 Å². The summed E-state index contributed by atoms with van der Waals surface area (Å²) in [6.45, 7) is 1.31. The fraction of sp³-hybridized carbons (Fsp3) is 0.0667. The Morgan fingerprint density at radius 3 is 2.33 bits per heavy atom. The van der Waals surface area contributed by atoms with E-state index in [1.807, 2.05) is 0 Å². The van der Waals surface area contributed by atoms with Gasteiger partial charge in [0.25, 0.3) is 0 Å². The molecule has 0 aromatic heterocycles. The third-order valence-electron chi connectivity index (χ3n) is 2.82. The van der Waals surface area contributed by atoms with Gasteiger partial charge in [-0.25, -0.2) is 8.32 Å². The molecule has 6 heteroatoms. The second-order valence-electron chi connectivity index (χ2n) is 4.24. The highest BCUT2D eigenvalue weighted by molar-refractivity contribution is 9.10. The fourth-order valence-corrected chi connectivity index (χ4v) is 2.59. The van der Waals surface area contributed by atoms with Crippen LogP contribution in [0.3, 0.4) is 0 Å². The summed E-state index contributed by atoms with van der Waals surface area (Å²) in [7, 11) is 0. The van der Waals surface area contributed by atoms with Gasteiger partial charge >= 0.3 is 0 Å². The van der Waals surface area contributed by atoms with E-state index in [0.29, 0.717) is 0 Å². The lowest BCUT2D eigenvalue weighted by molar-refractivity contribution is -0.115. The quantitative estimate of drug-likeness (QED) is 0.594. The summed E-state index contributed by atoms with van der Waals surface area (Å²) in [5, 5.41) is 0.212. The number of halogens is 3. The van der Waals surface area contributed by atoms with Crippen molar-refractivity contribution >= 4 is 45.1 Å². The summed E-state index contributed by atoms with van der Waals surface area (Å²) in [5.74, 6) is -1.53. The lowest BCUT2D eigenvalue weighted by Crippen LogP contribution is -2.20. The van der Waals surface area contributed by atoms with Crippen LogP contribution in [0.25, 0.3) is 0 Å². The van der Waals surface area contributed by atoms with Crippen LogP contribution in [0.5, 0.6) is 0 Å². The van der Waals surface area contributed by atoms with Crippen LogP contribution in [0.15, 0.2) is 42.5 Å². The van der Waals surface area contributed by atoms with E-state index >= 15 is 0 Å². The third-order valence-corrected chi connectivity index (χ3v) is 3.98. The molecule has 0 N–H and O–H groups in total. The van der Waals surface area contributed by atoms with Crippen molar-refractivity contribution in [2.24, 2.45) is 0 Å². The Morgan fingerprint density at radius 1 is 1.10 bits per heavy atom. The van der Waals surface area contributed by atoms with E-state index in [2.05, 4.69) is 16.1 Å². The zero-order chi connectivity index (χ0) is 15.6. The largest absolute Gasteiger partial charge is 0.288 e. The van der Waals surface area contributed by atoms with Gasteiger partial charge in [-0.05, 0) is 24.3 Å². The number of benzene rings is 2. The highest BCUT2D eigenvalue weighted by Crippen LogP contribution is 2.33. The summed E-state index contributed by atoms with van der Waals surface area (Å²) in [6.07, 6.45) is 0. The molecule has 0 unspecified atom stereocenters. The number of carbonyl (C=O) groups is 2. The molecule has 0 aliphatic carbocycles. The van der Waals surface area contributed by atoms with Crippen molar-refractivity contribution in [3.05, 3.63) is 64.4 Å². The number of para-hydroxylation sites is 1. The molecule has 0 atom stereocenters. The first kappa shape index (κ1) is 15.7. The van der Waals surface area contributed by atoms with E-state index < -0.39 is 11.6 Å². The normalized spacial score (nSPS) is 10.3. The van der Waals surface area contributed by atoms with Crippen LogP contribution in [0, 0.1) is 5.82 Å². The highest BCUT2D eigenvalue weighted by Gasteiger charge is 2.23. The Bertz CT molecular complexity index is 721. The lowest BCUT2D eigenvalue weighted by Gasteiger charge is -2.17. The van der Waals surface area contributed by atoms with Gasteiger partial charge in [0.1, 0.15) is 5.82 Å². The maximum Gasteiger partial charge on any atom is 0.234 e. The number of hydrogen-bond donors (Lipinski definition) is 0. The van der Waals surface area contributed by atoms with Gasteiger partial charge in [-0.1, -0.05) is 29.8 Å². The van der Waals surface area contributed by atoms with Gasteiger partial charge in [0.2, 0.25) is 5.91 Å². The molecule has 0 heterocycles. The van der Waals surface area contributed by atoms with Crippen molar-refractivity contribution in [2.45, 2.75) is 6.92 Å². The van der Waals surface area contributed by atoms with Crippen molar-refractivity contribution in [2.75, 3.05) is 3.93 Å². The number of amides is 1. The molecule has 0 bridgehead atoms. The van der Waals surface area contributed by atoms with Crippen molar-refractivity contribution < 1.29 is 14.0 Å². The summed E-state index contributed by atoms with van der Waals surface area (Å²) in [6, 6.07) is 10.3. The molecule has 3 nitrogen and oxygen atoms in total. The molecule has 0 aliphatic rings. The van der Waals surface area contributed by atoms with E-state index in [1.54, 1.807) is 18.2 Å². The van der Waals surface area contributed by atoms with Crippen molar-refractivity contribution in [3.63, 3.8) is 0 Å². The van der Waals surface area contributed by atoms with Crippen LogP contribution in [0.4, 0.5) is 10.1 Å². The molecule has 21 heavy (non-hydrogen) atoms. The number of rotatable bonds is 3. The first-order valence-corrected chi connectivity index (χ1v) is 7.06. The Morgan fingerprint density at radius 2 is 1.71 bits per heavy atom. The molecule has 2 aromatic carbocycles. The van der Waals surface area contributed by atoms with E-state index in [0.717, 1.165) is 3.93 Å². The molecule has 0 aliphatic heterocycles. The average molecular weight is 371 g/mol.